The number of rotatable bonds is 6. The van der Waals surface area contributed by atoms with Crippen LogP contribution < -0.4 is 10.1 Å². The minimum absolute atomic E-state index is 0.0886. The summed E-state index contributed by atoms with van der Waals surface area (Å²) >= 11 is 1.66. The molecule has 0 aromatic heterocycles. The number of ketones is 1. The lowest BCUT2D eigenvalue weighted by Crippen LogP contribution is -2.38. The standard InChI is InChI=1S/C28H31NO4S/c1-17-24(27(31)33-16-18-6-10-20(32-4)11-7-18)25(19-8-12-21(34-5)13-9-19)26-22(29-17)14-28(2,3)15-23(26)30/h6-13,25,29H,14-16H2,1-5H3/t25-/m0/s1. The lowest BCUT2D eigenvalue weighted by molar-refractivity contribution is -0.140. The number of dihydropyridines is 1. The van der Waals surface area contributed by atoms with Gasteiger partial charge in [0.25, 0.3) is 0 Å². The summed E-state index contributed by atoms with van der Waals surface area (Å²) < 4.78 is 10.9. The summed E-state index contributed by atoms with van der Waals surface area (Å²) in [5.41, 5.74) is 4.52. The Labute approximate surface area is 205 Å². The van der Waals surface area contributed by atoms with Gasteiger partial charge in [-0.15, -0.1) is 11.8 Å². The number of ether oxygens (including phenoxy) is 2. The van der Waals surface area contributed by atoms with Crippen LogP contribution in [0, 0.1) is 5.41 Å². The van der Waals surface area contributed by atoms with Crippen molar-refractivity contribution >= 4 is 23.5 Å². The lowest BCUT2D eigenvalue weighted by atomic mass is 9.68. The highest BCUT2D eigenvalue weighted by atomic mass is 32.2. The number of methoxy groups -OCH3 is 1. The largest absolute Gasteiger partial charge is 0.497 e. The summed E-state index contributed by atoms with van der Waals surface area (Å²) in [5, 5.41) is 3.39. The molecule has 0 bridgehead atoms. The van der Waals surface area contributed by atoms with Gasteiger partial charge in [0.05, 0.1) is 12.7 Å². The predicted molar refractivity (Wildman–Crippen MR) is 135 cm³/mol. The molecule has 1 aliphatic carbocycles. The van der Waals surface area contributed by atoms with Crippen LogP contribution in [0.15, 0.2) is 76.0 Å². The number of hydrogen-bond acceptors (Lipinski definition) is 6. The maximum atomic E-state index is 13.4. The number of hydrogen-bond donors (Lipinski definition) is 1. The molecule has 0 unspecified atom stereocenters. The number of nitrogens with one attached hydrogen (secondary N) is 1. The third-order valence-electron chi connectivity index (χ3n) is 6.44. The van der Waals surface area contributed by atoms with Crippen LogP contribution in [0.2, 0.25) is 0 Å². The zero-order valence-corrected chi connectivity index (χ0v) is 21.2. The van der Waals surface area contributed by atoms with E-state index < -0.39 is 11.9 Å². The Morgan fingerprint density at radius 1 is 1.09 bits per heavy atom. The van der Waals surface area contributed by atoms with Crippen molar-refractivity contribution in [1.29, 1.82) is 0 Å². The van der Waals surface area contributed by atoms with E-state index in [1.807, 2.05) is 61.7 Å². The van der Waals surface area contributed by atoms with Crippen molar-refractivity contribution in [2.24, 2.45) is 5.41 Å². The van der Waals surface area contributed by atoms with Gasteiger partial charge in [-0.3, -0.25) is 4.79 Å². The van der Waals surface area contributed by atoms with E-state index in [0.29, 0.717) is 17.6 Å². The van der Waals surface area contributed by atoms with Crippen molar-refractivity contribution in [3.05, 3.63) is 82.2 Å². The summed E-state index contributed by atoms with van der Waals surface area (Å²) in [5.74, 6) is -0.0224. The SMILES string of the molecule is COc1ccc(COC(=O)C2=C(C)NC3=C(C(=O)CC(C)(C)C3)[C@H]2c2ccc(SC)cc2)cc1. The molecule has 1 N–H and O–H groups in total. The molecule has 34 heavy (non-hydrogen) atoms. The highest BCUT2D eigenvalue weighted by Gasteiger charge is 2.43. The van der Waals surface area contributed by atoms with Gasteiger partial charge in [0.1, 0.15) is 12.4 Å². The molecular formula is C28H31NO4S. The van der Waals surface area contributed by atoms with E-state index in [2.05, 4.69) is 19.2 Å². The molecule has 0 amide bonds. The quantitative estimate of drug-likeness (QED) is 0.421. The summed E-state index contributed by atoms with van der Waals surface area (Å²) in [6.45, 7) is 6.25. The van der Waals surface area contributed by atoms with Crippen LogP contribution in [0.25, 0.3) is 0 Å². The molecular weight excluding hydrogens is 446 g/mol. The van der Waals surface area contributed by atoms with Crippen molar-refractivity contribution in [1.82, 2.24) is 5.32 Å². The molecule has 6 heteroatoms. The second kappa shape index (κ2) is 9.71. The monoisotopic (exact) mass is 477 g/mol. The Kier molecular flexibility index (Phi) is 6.89. The van der Waals surface area contributed by atoms with Gasteiger partial charge >= 0.3 is 5.97 Å². The second-order valence-electron chi connectivity index (χ2n) is 9.63. The third kappa shape index (κ3) is 4.92. The summed E-state index contributed by atoms with van der Waals surface area (Å²) in [6, 6.07) is 15.5. The molecule has 0 spiro atoms. The second-order valence-corrected chi connectivity index (χ2v) is 10.5. The smallest absolute Gasteiger partial charge is 0.337 e. The molecule has 1 aliphatic heterocycles. The Morgan fingerprint density at radius 2 is 1.76 bits per heavy atom. The van der Waals surface area contributed by atoms with Gasteiger partial charge in [-0.25, -0.2) is 4.79 Å². The summed E-state index contributed by atoms with van der Waals surface area (Å²) in [6.07, 6.45) is 3.25. The molecule has 0 saturated carbocycles. The van der Waals surface area contributed by atoms with Crippen molar-refractivity contribution < 1.29 is 19.1 Å². The van der Waals surface area contributed by atoms with E-state index in [4.69, 9.17) is 9.47 Å². The Balaban J connectivity index is 1.68. The van der Waals surface area contributed by atoms with E-state index in [-0.39, 0.29) is 17.8 Å². The fourth-order valence-electron chi connectivity index (χ4n) is 4.78. The van der Waals surface area contributed by atoms with Gasteiger partial charge in [-0.05, 0) is 60.4 Å². The first-order chi connectivity index (χ1) is 16.2. The number of carbonyl (C=O) groups is 2. The number of carbonyl (C=O) groups excluding carboxylic acids is 2. The molecule has 0 fully saturated rings. The molecule has 2 aliphatic rings. The van der Waals surface area contributed by atoms with Gasteiger partial charge in [-0.2, -0.15) is 0 Å². The minimum atomic E-state index is -0.445. The molecule has 5 nitrogen and oxygen atoms in total. The molecule has 1 atom stereocenters. The molecule has 2 aromatic carbocycles. The van der Waals surface area contributed by atoms with Crippen LogP contribution in [-0.2, 0) is 20.9 Å². The maximum Gasteiger partial charge on any atom is 0.337 e. The average molecular weight is 478 g/mol. The van der Waals surface area contributed by atoms with Gasteiger partial charge in [0, 0.05) is 34.2 Å². The molecule has 2 aromatic rings. The zero-order valence-electron chi connectivity index (χ0n) is 20.4. The van der Waals surface area contributed by atoms with E-state index in [9.17, 15) is 9.59 Å². The van der Waals surface area contributed by atoms with Crippen molar-refractivity contribution in [3.8, 4) is 5.75 Å². The average Bonchev–Trinajstić information content (AvgIpc) is 2.81. The van der Waals surface area contributed by atoms with Crippen molar-refractivity contribution in [3.63, 3.8) is 0 Å². The van der Waals surface area contributed by atoms with Gasteiger partial charge in [-0.1, -0.05) is 38.1 Å². The minimum Gasteiger partial charge on any atom is -0.497 e. The van der Waals surface area contributed by atoms with Gasteiger partial charge in [0.2, 0.25) is 0 Å². The Hall–Kier alpha value is -2.99. The van der Waals surface area contributed by atoms with Crippen LogP contribution in [0.5, 0.6) is 5.75 Å². The first kappa shape index (κ1) is 24.1. The number of Topliss-reactive ketones (excluding diaryl/α,β-unsaturated/α-hetero) is 1. The number of thioether (sulfide) groups is 1. The highest BCUT2D eigenvalue weighted by Crippen LogP contribution is 2.47. The Morgan fingerprint density at radius 3 is 2.38 bits per heavy atom. The van der Waals surface area contributed by atoms with Gasteiger partial charge in [0.15, 0.2) is 5.78 Å². The van der Waals surface area contributed by atoms with Crippen molar-refractivity contribution in [2.45, 2.75) is 51.0 Å². The fourth-order valence-corrected chi connectivity index (χ4v) is 5.19. The van der Waals surface area contributed by atoms with E-state index in [1.165, 1.54) is 0 Å². The maximum absolute atomic E-state index is 13.4. The predicted octanol–water partition coefficient (Wildman–Crippen LogP) is 5.76. The van der Waals surface area contributed by atoms with Gasteiger partial charge < -0.3 is 14.8 Å². The molecule has 1 heterocycles. The fraction of sp³-hybridized carbons (Fsp3) is 0.357. The summed E-state index contributed by atoms with van der Waals surface area (Å²) in [7, 11) is 1.61. The third-order valence-corrected chi connectivity index (χ3v) is 7.18. The first-order valence-electron chi connectivity index (χ1n) is 11.4. The zero-order chi connectivity index (χ0) is 24.5. The van der Waals surface area contributed by atoms with Crippen LogP contribution in [0.1, 0.15) is 50.7 Å². The molecule has 178 valence electrons. The summed E-state index contributed by atoms with van der Waals surface area (Å²) in [4.78, 5) is 27.9. The number of allylic oxidation sites excluding steroid dienone is 3. The molecule has 4 rings (SSSR count). The first-order valence-corrected chi connectivity index (χ1v) is 12.6. The Bertz CT molecular complexity index is 1160. The molecule has 0 radical (unpaired) electrons. The molecule has 0 saturated heterocycles. The normalized spacial score (nSPS) is 19.4. The highest BCUT2D eigenvalue weighted by molar-refractivity contribution is 7.98. The van der Waals surface area contributed by atoms with Crippen LogP contribution >= 0.6 is 11.8 Å². The van der Waals surface area contributed by atoms with Crippen LogP contribution in [0.4, 0.5) is 0 Å². The number of benzene rings is 2. The number of esters is 1. The topological polar surface area (TPSA) is 64.6 Å². The van der Waals surface area contributed by atoms with E-state index in [0.717, 1.165) is 39.6 Å². The van der Waals surface area contributed by atoms with E-state index in [1.54, 1.807) is 18.9 Å². The lowest BCUT2D eigenvalue weighted by Gasteiger charge is -2.39. The van der Waals surface area contributed by atoms with Crippen LogP contribution in [-0.4, -0.2) is 25.1 Å². The van der Waals surface area contributed by atoms with Crippen LogP contribution in [0.3, 0.4) is 0 Å². The van der Waals surface area contributed by atoms with Crippen molar-refractivity contribution in [2.75, 3.05) is 13.4 Å². The van der Waals surface area contributed by atoms with E-state index >= 15 is 0 Å².